The molecule has 0 N–H and O–H groups in total. The Morgan fingerprint density at radius 1 is 1.00 bits per heavy atom. The molecular weight excluding hydrogens is 83.6 g/mol. The van der Waals surface area contributed by atoms with Gasteiger partial charge in [-0.1, -0.05) is 0 Å². The molecule has 0 saturated heterocycles. The van der Waals surface area contributed by atoms with Gasteiger partial charge in [0.05, 0.1) is 0 Å². The van der Waals surface area contributed by atoms with E-state index in [-0.39, 0.29) is 0 Å². The Morgan fingerprint density at radius 2 is 1.25 bits per heavy atom. The molecule has 0 bridgehead atoms. The van der Waals surface area contributed by atoms with Gasteiger partial charge in [-0.25, -0.2) is 0 Å². The Balaban J connectivity index is 2.67. The molecule has 0 radical (unpaired) electrons. The van der Waals surface area contributed by atoms with Crippen LogP contribution >= 0.6 is 15.9 Å². The van der Waals surface area contributed by atoms with Crippen molar-refractivity contribution in [3.05, 3.63) is 0 Å². The summed E-state index contributed by atoms with van der Waals surface area (Å²) in [6, 6.07) is 0. The Morgan fingerprint density at radius 3 is 1.25 bits per heavy atom. The van der Waals surface area contributed by atoms with Crippen LogP contribution < -0.4 is 0 Å². The maximum atomic E-state index is 2.19. The quantitative estimate of drug-likeness (QED) is 0.302. The van der Waals surface area contributed by atoms with Crippen molar-refractivity contribution in [2.24, 2.45) is 0 Å². The van der Waals surface area contributed by atoms with E-state index in [0.717, 1.165) is 0 Å². The van der Waals surface area contributed by atoms with E-state index in [4.69, 9.17) is 0 Å². The van der Waals surface area contributed by atoms with Crippen LogP contribution in [0.3, 0.4) is 0 Å². The van der Waals surface area contributed by atoms with Crippen LogP contribution in [-0.2, 0) is 0 Å². The number of rotatable bonds is 0. The summed E-state index contributed by atoms with van der Waals surface area (Å²) in [5.74, 6) is 0. The zero-order valence-electron chi connectivity index (χ0n) is 2.05. The topological polar surface area (TPSA) is 0 Å². The maximum absolute atomic E-state index is 2.19. The normalized spacial score (nSPS) is 20.0. The van der Waals surface area contributed by atoms with Crippen molar-refractivity contribution >= 4 is 28.6 Å². The van der Waals surface area contributed by atoms with E-state index >= 15 is 0 Å². The molecule has 0 fully saturated rings. The third-order valence-electron chi connectivity index (χ3n) is 0.267. The standard InChI is InChI=1S/B2P2/c1-3-2-4-1. The van der Waals surface area contributed by atoms with Crippen LogP contribution in [0, 0.1) is 0 Å². The molecule has 0 aromatic heterocycles. The van der Waals surface area contributed by atoms with Crippen molar-refractivity contribution in [1.29, 1.82) is 0 Å². The molecule has 0 aromatic carbocycles. The molecule has 0 saturated carbocycles. The SMILES string of the molecule is B1=PB=P1. The van der Waals surface area contributed by atoms with Crippen LogP contribution in [0.25, 0.3) is 0 Å². The van der Waals surface area contributed by atoms with Crippen LogP contribution in [0.2, 0.25) is 0 Å². The molecular formula is B2P2. The molecule has 4 heavy (non-hydrogen) atoms. The minimum absolute atomic E-state index is 1.42. The van der Waals surface area contributed by atoms with Gasteiger partial charge in [-0.3, -0.25) is 0 Å². The zero-order chi connectivity index (χ0) is 2.83. The molecule has 1 aliphatic heterocycles. The summed E-state index contributed by atoms with van der Waals surface area (Å²) < 4.78 is 0. The third kappa shape index (κ3) is 0.365. The summed E-state index contributed by atoms with van der Waals surface area (Å²) >= 11 is 0. The van der Waals surface area contributed by atoms with E-state index in [1.54, 1.807) is 0 Å². The molecule has 0 nitrogen and oxygen atoms in total. The molecule has 0 unspecified atom stereocenters. The Labute approximate surface area is 29.5 Å². The van der Waals surface area contributed by atoms with Crippen molar-refractivity contribution < 1.29 is 0 Å². The molecule has 0 aromatic rings. The Kier molecular flexibility index (Phi) is 0.914. The molecule has 0 spiro atoms. The number of hydrogen-bond donors (Lipinski definition) is 0. The molecule has 1 rings (SSSR count). The van der Waals surface area contributed by atoms with Crippen molar-refractivity contribution in [2.45, 2.75) is 0 Å². The fraction of sp³-hybridized carbons (Fsp3) is 0. The van der Waals surface area contributed by atoms with Gasteiger partial charge >= 0.3 is 28.6 Å². The summed E-state index contributed by atoms with van der Waals surface area (Å²) in [6.45, 7) is 0. The second kappa shape index (κ2) is 1.24. The van der Waals surface area contributed by atoms with E-state index in [2.05, 4.69) is 12.7 Å². The van der Waals surface area contributed by atoms with Gasteiger partial charge in [0.25, 0.3) is 0 Å². The van der Waals surface area contributed by atoms with Crippen molar-refractivity contribution in [3.63, 3.8) is 0 Å². The first kappa shape index (κ1) is 2.94. The average Bonchev–Trinajstić information content (AvgIpc) is 0.722. The van der Waals surface area contributed by atoms with Gasteiger partial charge < -0.3 is 0 Å². The second-order valence-corrected chi connectivity index (χ2v) is 2.97. The molecule has 1 heterocycles. The minimum atomic E-state index is 1.42. The molecule has 16 valence electrons. The summed E-state index contributed by atoms with van der Waals surface area (Å²) in [7, 11) is 2.83. The van der Waals surface area contributed by atoms with Crippen LogP contribution in [-0.4, -0.2) is 12.7 Å². The fourth-order valence-corrected chi connectivity index (χ4v) is 0.600. The summed E-state index contributed by atoms with van der Waals surface area (Å²) in [5.41, 5.74) is 0. The van der Waals surface area contributed by atoms with Crippen molar-refractivity contribution in [1.82, 2.24) is 0 Å². The first-order chi connectivity index (χ1) is 2.00. The van der Waals surface area contributed by atoms with Gasteiger partial charge in [0.1, 0.15) is 0 Å². The van der Waals surface area contributed by atoms with Gasteiger partial charge in [0.2, 0.25) is 0 Å². The third-order valence-corrected chi connectivity index (χ3v) is 2.40. The zero-order valence-corrected chi connectivity index (χ0v) is 3.84. The van der Waals surface area contributed by atoms with Crippen LogP contribution in [0.4, 0.5) is 0 Å². The van der Waals surface area contributed by atoms with Crippen molar-refractivity contribution in [2.75, 3.05) is 0 Å². The van der Waals surface area contributed by atoms with E-state index in [0.29, 0.717) is 0 Å². The first-order valence-corrected chi connectivity index (χ1v) is 3.10. The predicted molar refractivity (Wildman–Crippen MR) is 25.3 cm³/mol. The second-order valence-electron chi connectivity index (χ2n) is 0.529. The van der Waals surface area contributed by atoms with E-state index in [1.807, 2.05) is 0 Å². The molecule has 1 aliphatic rings. The number of hydrogen-bond acceptors (Lipinski definition) is 0. The summed E-state index contributed by atoms with van der Waals surface area (Å²) in [4.78, 5) is 0. The molecule has 0 aliphatic carbocycles. The predicted octanol–water partition coefficient (Wildman–Crippen LogP) is 0.961. The van der Waals surface area contributed by atoms with Gasteiger partial charge in [0.15, 0.2) is 0 Å². The first-order valence-electron chi connectivity index (χ1n) is 1.03. The average molecular weight is 83.6 g/mol. The van der Waals surface area contributed by atoms with Gasteiger partial charge in [-0.05, 0) is 0 Å². The van der Waals surface area contributed by atoms with Gasteiger partial charge in [0, 0.05) is 0 Å². The molecule has 4 heteroatoms. The Hall–Kier alpha value is 0.730. The summed E-state index contributed by atoms with van der Waals surface area (Å²) in [6.07, 6.45) is 4.39. The van der Waals surface area contributed by atoms with Crippen LogP contribution in [0.1, 0.15) is 0 Å². The fourth-order valence-electron chi connectivity index (χ4n) is 0.0667. The van der Waals surface area contributed by atoms with Crippen LogP contribution in [0.5, 0.6) is 0 Å². The monoisotopic (exact) mass is 84.0 g/mol. The van der Waals surface area contributed by atoms with Gasteiger partial charge in [-0.15, -0.1) is 0 Å². The van der Waals surface area contributed by atoms with Crippen molar-refractivity contribution in [3.8, 4) is 0 Å². The van der Waals surface area contributed by atoms with Gasteiger partial charge in [-0.2, -0.15) is 0 Å². The molecule has 0 amide bonds. The van der Waals surface area contributed by atoms with Crippen LogP contribution in [0.15, 0.2) is 0 Å². The molecule has 0 atom stereocenters. The van der Waals surface area contributed by atoms with E-state index in [9.17, 15) is 0 Å². The summed E-state index contributed by atoms with van der Waals surface area (Å²) in [5, 5.41) is 0. The van der Waals surface area contributed by atoms with E-state index in [1.165, 1.54) is 15.9 Å². The van der Waals surface area contributed by atoms with E-state index < -0.39 is 0 Å². The Bertz CT molecular complexity index is 44.4.